The molecule has 22 heavy (non-hydrogen) atoms. The molecule has 1 atom stereocenters. The number of benzene rings is 1. The second-order valence-electron chi connectivity index (χ2n) is 5.14. The molecule has 0 spiro atoms. The number of hydrogen-bond acceptors (Lipinski definition) is 5. The summed E-state index contributed by atoms with van der Waals surface area (Å²) >= 11 is 0. The van der Waals surface area contributed by atoms with Crippen molar-refractivity contribution in [1.29, 1.82) is 0 Å². The van der Waals surface area contributed by atoms with Crippen molar-refractivity contribution in [2.45, 2.75) is 24.7 Å². The van der Waals surface area contributed by atoms with E-state index in [0.717, 1.165) is 6.07 Å². The Morgan fingerprint density at radius 3 is 2.86 bits per heavy atom. The molecule has 0 amide bonds. The van der Waals surface area contributed by atoms with Crippen LogP contribution in [-0.4, -0.2) is 38.4 Å². The number of nitrogens with zero attached hydrogens (tertiary/aromatic N) is 1. The number of nitrogens with two attached hydrogens (primary N) is 1. The number of carbonyl (C=O) groups is 1. The number of sulfonamides is 1. The van der Waals surface area contributed by atoms with Gasteiger partial charge in [-0.15, -0.1) is 0 Å². The maximum Gasteiger partial charge on any atom is 0.310 e. The first-order valence-electron chi connectivity index (χ1n) is 7.08. The Morgan fingerprint density at radius 1 is 1.50 bits per heavy atom. The molecule has 2 N–H and O–H groups in total. The van der Waals surface area contributed by atoms with Crippen molar-refractivity contribution in [3.8, 4) is 0 Å². The highest BCUT2D eigenvalue weighted by atomic mass is 32.2. The Bertz CT molecular complexity index is 663. The van der Waals surface area contributed by atoms with Crippen LogP contribution in [0.4, 0.5) is 10.1 Å². The molecule has 0 aliphatic carbocycles. The van der Waals surface area contributed by atoms with Crippen LogP contribution in [0.3, 0.4) is 0 Å². The summed E-state index contributed by atoms with van der Waals surface area (Å²) in [6.45, 7) is 2.30. The van der Waals surface area contributed by atoms with E-state index in [1.165, 1.54) is 16.4 Å². The van der Waals surface area contributed by atoms with E-state index in [2.05, 4.69) is 0 Å². The van der Waals surface area contributed by atoms with Crippen molar-refractivity contribution in [2.75, 3.05) is 25.4 Å². The van der Waals surface area contributed by atoms with E-state index >= 15 is 0 Å². The zero-order valence-electron chi connectivity index (χ0n) is 12.3. The highest BCUT2D eigenvalue weighted by Crippen LogP contribution is 2.26. The van der Waals surface area contributed by atoms with Crippen molar-refractivity contribution in [3.63, 3.8) is 0 Å². The fourth-order valence-electron chi connectivity index (χ4n) is 2.43. The van der Waals surface area contributed by atoms with Crippen LogP contribution in [0.5, 0.6) is 0 Å². The number of rotatable bonds is 4. The normalized spacial score (nSPS) is 19.8. The van der Waals surface area contributed by atoms with Gasteiger partial charge in [-0.1, -0.05) is 0 Å². The van der Waals surface area contributed by atoms with Crippen molar-refractivity contribution in [2.24, 2.45) is 5.92 Å². The lowest BCUT2D eigenvalue weighted by molar-refractivity contribution is -0.149. The van der Waals surface area contributed by atoms with E-state index in [9.17, 15) is 17.6 Å². The van der Waals surface area contributed by atoms with Crippen LogP contribution in [0.2, 0.25) is 0 Å². The molecule has 122 valence electrons. The Hall–Kier alpha value is -1.67. The van der Waals surface area contributed by atoms with Crippen LogP contribution >= 0.6 is 0 Å². The maximum absolute atomic E-state index is 13.5. The van der Waals surface area contributed by atoms with Crippen molar-refractivity contribution >= 4 is 21.7 Å². The summed E-state index contributed by atoms with van der Waals surface area (Å²) in [4.78, 5) is 11.6. The topological polar surface area (TPSA) is 89.7 Å². The number of nitrogen functional groups attached to an aromatic ring is 1. The van der Waals surface area contributed by atoms with E-state index in [1.807, 2.05) is 0 Å². The number of ether oxygens (including phenoxy) is 1. The second kappa shape index (κ2) is 6.62. The van der Waals surface area contributed by atoms with E-state index in [1.54, 1.807) is 6.92 Å². The molecule has 6 nitrogen and oxygen atoms in total. The summed E-state index contributed by atoms with van der Waals surface area (Å²) in [5, 5.41) is 0. The van der Waals surface area contributed by atoms with Gasteiger partial charge in [-0.25, -0.2) is 12.8 Å². The van der Waals surface area contributed by atoms with Crippen molar-refractivity contribution in [3.05, 3.63) is 24.0 Å². The summed E-state index contributed by atoms with van der Waals surface area (Å²) in [5.74, 6) is -1.66. The van der Waals surface area contributed by atoms with Crippen LogP contribution < -0.4 is 5.73 Å². The molecule has 1 aliphatic heterocycles. The van der Waals surface area contributed by atoms with Gasteiger partial charge in [-0.05, 0) is 38.0 Å². The van der Waals surface area contributed by atoms with Gasteiger partial charge in [0, 0.05) is 13.1 Å². The Morgan fingerprint density at radius 2 is 2.23 bits per heavy atom. The predicted octanol–water partition coefficient (Wildman–Crippen LogP) is 1.37. The summed E-state index contributed by atoms with van der Waals surface area (Å²) in [6.07, 6.45) is 1.14. The van der Waals surface area contributed by atoms with Crippen LogP contribution in [0.1, 0.15) is 19.8 Å². The molecular formula is C14H19FN2O4S. The summed E-state index contributed by atoms with van der Waals surface area (Å²) < 4.78 is 44.7. The third kappa shape index (κ3) is 3.38. The maximum atomic E-state index is 13.5. The number of halogens is 1. The minimum absolute atomic E-state index is 0.0488. The smallest absolute Gasteiger partial charge is 0.310 e. The van der Waals surface area contributed by atoms with Gasteiger partial charge >= 0.3 is 5.97 Å². The van der Waals surface area contributed by atoms with Gasteiger partial charge in [-0.2, -0.15) is 4.31 Å². The fraction of sp³-hybridized carbons (Fsp3) is 0.500. The third-order valence-electron chi connectivity index (χ3n) is 3.61. The molecular weight excluding hydrogens is 311 g/mol. The second-order valence-corrected chi connectivity index (χ2v) is 7.08. The molecule has 0 aromatic heterocycles. The number of piperidine rings is 1. The van der Waals surface area contributed by atoms with Gasteiger partial charge in [0.1, 0.15) is 5.82 Å². The third-order valence-corrected chi connectivity index (χ3v) is 5.47. The minimum Gasteiger partial charge on any atom is -0.466 e. The number of hydrogen-bond donors (Lipinski definition) is 1. The molecule has 1 unspecified atom stereocenters. The van der Waals surface area contributed by atoms with Gasteiger partial charge in [0.05, 0.1) is 23.1 Å². The average molecular weight is 330 g/mol. The highest BCUT2D eigenvalue weighted by Gasteiger charge is 2.34. The van der Waals surface area contributed by atoms with Gasteiger partial charge in [-0.3, -0.25) is 4.79 Å². The first-order valence-corrected chi connectivity index (χ1v) is 8.52. The molecule has 1 aliphatic rings. The van der Waals surface area contributed by atoms with Crippen LogP contribution in [-0.2, 0) is 19.6 Å². The molecule has 1 aromatic carbocycles. The van der Waals surface area contributed by atoms with Crippen LogP contribution in [0.25, 0.3) is 0 Å². The van der Waals surface area contributed by atoms with E-state index < -0.39 is 27.7 Å². The molecule has 0 saturated carbocycles. The Balaban J connectivity index is 2.21. The SMILES string of the molecule is CCOC(=O)C1CCCN(S(=O)(=O)c2ccc(N)c(F)c2)C1. The molecule has 1 fully saturated rings. The van der Waals surface area contributed by atoms with E-state index in [-0.39, 0.29) is 23.7 Å². The van der Waals surface area contributed by atoms with Gasteiger partial charge in [0.25, 0.3) is 0 Å². The number of carbonyl (C=O) groups excluding carboxylic acids is 1. The molecule has 1 aromatic rings. The zero-order valence-corrected chi connectivity index (χ0v) is 13.1. The molecule has 2 rings (SSSR count). The van der Waals surface area contributed by atoms with E-state index in [4.69, 9.17) is 10.5 Å². The number of esters is 1. The molecule has 0 bridgehead atoms. The summed E-state index contributed by atoms with van der Waals surface area (Å²) in [6, 6.07) is 3.38. The van der Waals surface area contributed by atoms with Gasteiger partial charge < -0.3 is 10.5 Å². The Labute approximate surface area is 129 Å². The predicted molar refractivity (Wildman–Crippen MR) is 78.9 cm³/mol. The lowest BCUT2D eigenvalue weighted by atomic mass is 10.0. The minimum atomic E-state index is -3.85. The lowest BCUT2D eigenvalue weighted by Crippen LogP contribution is -2.42. The first-order chi connectivity index (χ1) is 10.4. The summed E-state index contributed by atoms with van der Waals surface area (Å²) in [5.41, 5.74) is 5.25. The average Bonchev–Trinajstić information content (AvgIpc) is 2.50. The molecule has 0 radical (unpaired) electrons. The molecule has 1 heterocycles. The molecule has 1 saturated heterocycles. The first kappa shape index (κ1) is 16.7. The zero-order chi connectivity index (χ0) is 16.3. The Kier molecular flexibility index (Phi) is 5.02. The van der Waals surface area contributed by atoms with Crippen LogP contribution in [0, 0.1) is 11.7 Å². The van der Waals surface area contributed by atoms with Crippen LogP contribution in [0.15, 0.2) is 23.1 Å². The largest absolute Gasteiger partial charge is 0.466 e. The van der Waals surface area contributed by atoms with Crippen molar-refractivity contribution in [1.82, 2.24) is 4.31 Å². The molecule has 8 heteroatoms. The standard InChI is InChI=1S/C14H19FN2O4S/c1-2-21-14(18)10-4-3-7-17(9-10)22(19,20)11-5-6-13(16)12(15)8-11/h5-6,8,10H,2-4,7,9,16H2,1H3. The fourth-order valence-corrected chi connectivity index (χ4v) is 3.97. The quantitative estimate of drug-likeness (QED) is 0.665. The highest BCUT2D eigenvalue weighted by molar-refractivity contribution is 7.89. The number of anilines is 1. The van der Waals surface area contributed by atoms with Gasteiger partial charge in [0.15, 0.2) is 0 Å². The summed E-state index contributed by atoms with van der Waals surface area (Å²) in [7, 11) is -3.85. The monoisotopic (exact) mass is 330 g/mol. The van der Waals surface area contributed by atoms with Crippen molar-refractivity contribution < 1.29 is 22.3 Å². The van der Waals surface area contributed by atoms with E-state index in [0.29, 0.717) is 19.4 Å². The van der Waals surface area contributed by atoms with Gasteiger partial charge in [0.2, 0.25) is 10.0 Å². The lowest BCUT2D eigenvalue weighted by Gasteiger charge is -2.30.